The molecule has 3 nitrogen and oxygen atoms in total. The molecule has 2 aromatic rings. The van der Waals surface area contributed by atoms with Crippen molar-refractivity contribution in [1.82, 2.24) is 9.78 Å². The van der Waals surface area contributed by atoms with E-state index < -0.39 is 0 Å². The van der Waals surface area contributed by atoms with Crippen LogP contribution in [-0.2, 0) is 13.0 Å². The Morgan fingerprint density at radius 1 is 1.17 bits per heavy atom. The van der Waals surface area contributed by atoms with Gasteiger partial charge in [-0.15, -0.1) is 0 Å². The normalized spacial score (nSPS) is 10.8. The van der Waals surface area contributed by atoms with E-state index in [0.717, 1.165) is 42.6 Å². The van der Waals surface area contributed by atoms with E-state index in [1.54, 1.807) is 4.68 Å². The van der Waals surface area contributed by atoms with Crippen LogP contribution in [0.3, 0.4) is 0 Å². The Labute approximate surface area is 107 Å². The molecule has 2 rings (SSSR count). The molecule has 0 spiro atoms. The van der Waals surface area contributed by atoms with E-state index in [0.29, 0.717) is 0 Å². The Morgan fingerprint density at radius 2 is 1.89 bits per heavy atom. The molecule has 3 heteroatoms. The molecule has 0 saturated heterocycles. The summed E-state index contributed by atoms with van der Waals surface area (Å²) in [6.45, 7) is 4.98. The van der Waals surface area contributed by atoms with Crippen LogP contribution in [0.25, 0.3) is 11.1 Å². The lowest BCUT2D eigenvalue weighted by Gasteiger charge is -1.98. The zero-order chi connectivity index (χ0) is 13.0. The summed E-state index contributed by atoms with van der Waals surface area (Å²) in [4.78, 5) is 12.4. The average Bonchev–Trinajstić information content (AvgIpc) is 2.74. The minimum absolute atomic E-state index is 0.103. The predicted molar refractivity (Wildman–Crippen MR) is 74.8 cm³/mol. The summed E-state index contributed by atoms with van der Waals surface area (Å²) in [5.41, 5.74) is 2.97. The number of hydrogen-bond acceptors (Lipinski definition) is 1. The van der Waals surface area contributed by atoms with Crippen molar-refractivity contribution in [2.45, 2.75) is 39.7 Å². The zero-order valence-electron chi connectivity index (χ0n) is 11.1. The molecule has 0 aliphatic rings. The number of benzene rings is 1. The Morgan fingerprint density at radius 3 is 2.50 bits per heavy atom. The van der Waals surface area contributed by atoms with E-state index in [4.69, 9.17) is 0 Å². The number of unbranched alkanes of at least 4 members (excludes halogenated alkanes) is 1. The lowest BCUT2D eigenvalue weighted by Crippen LogP contribution is -2.17. The molecular formula is C15H20N2O. The molecule has 1 aromatic carbocycles. The number of nitrogens with one attached hydrogen (secondary N) is 1. The Hall–Kier alpha value is -1.77. The van der Waals surface area contributed by atoms with Crippen molar-refractivity contribution in [3.8, 4) is 11.1 Å². The average molecular weight is 244 g/mol. The van der Waals surface area contributed by atoms with Crippen molar-refractivity contribution in [1.29, 1.82) is 0 Å². The molecule has 1 heterocycles. The topological polar surface area (TPSA) is 37.8 Å². The highest BCUT2D eigenvalue weighted by Gasteiger charge is 2.13. The highest BCUT2D eigenvalue weighted by molar-refractivity contribution is 5.65. The second kappa shape index (κ2) is 5.71. The lowest BCUT2D eigenvalue weighted by atomic mass is 10.1. The van der Waals surface area contributed by atoms with Gasteiger partial charge in [-0.05, 0) is 18.4 Å². The third-order valence-electron chi connectivity index (χ3n) is 3.18. The summed E-state index contributed by atoms with van der Waals surface area (Å²) in [5.74, 6) is 0. The fraction of sp³-hybridized carbons (Fsp3) is 0.400. The first kappa shape index (κ1) is 12.7. The van der Waals surface area contributed by atoms with Crippen LogP contribution >= 0.6 is 0 Å². The number of aryl methyl sites for hydroxylation is 2. The molecule has 0 saturated carbocycles. The van der Waals surface area contributed by atoms with E-state index in [1.807, 2.05) is 30.3 Å². The van der Waals surface area contributed by atoms with Crippen molar-refractivity contribution in [2.75, 3.05) is 0 Å². The molecule has 96 valence electrons. The highest BCUT2D eigenvalue weighted by atomic mass is 16.1. The summed E-state index contributed by atoms with van der Waals surface area (Å²) >= 11 is 0. The van der Waals surface area contributed by atoms with Crippen LogP contribution in [-0.4, -0.2) is 9.78 Å². The second-order valence-corrected chi connectivity index (χ2v) is 4.50. The summed E-state index contributed by atoms with van der Waals surface area (Å²) in [7, 11) is 0. The number of rotatable bonds is 5. The van der Waals surface area contributed by atoms with Crippen LogP contribution in [0, 0.1) is 0 Å². The van der Waals surface area contributed by atoms with Crippen molar-refractivity contribution < 1.29 is 0 Å². The van der Waals surface area contributed by atoms with Crippen molar-refractivity contribution >= 4 is 0 Å². The maximum absolute atomic E-state index is 12.4. The molecule has 0 bridgehead atoms. The Balaban J connectivity index is 2.46. The number of nitrogens with zero attached hydrogens (tertiary/aromatic N) is 1. The van der Waals surface area contributed by atoms with Gasteiger partial charge in [0.1, 0.15) is 0 Å². The molecule has 18 heavy (non-hydrogen) atoms. The third-order valence-corrected chi connectivity index (χ3v) is 3.18. The molecule has 0 fully saturated rings. The second-order valence-electron chi connectivity index (χ2n) is 4.50. The molecule has 1 aromatic heterocycles. The minimum Gasteiger partial charge on any atom is -0.299 e. The van der Waals surface area contributed by atoms with Gasteiger partial charge in [-0.25, -0.2) is 0 Å². The monoisotopic (exact) mass is 244 g/mol. The first-order valence-corrected chi connectivity index (χ1v) is 6.65. The van der Waals surface area contributed by atoms with Crippen molar-refractivity contribution in [2.24, 2.45) is 0 Å². The molecule has 0 radical (unpaired) electrons. The Kier molecular flexibility index (Phi) is 4.03. The molecule has 0 unspecified atom stereocenters. The highest BCUT2D eigenvalue weighted by Crippen LogP contribution is 2.19. The molecule has 0 amide bonds. The van der Waals surface area contributed by atoms with E-state index >= 15 is 0 Å². The van der Waals surface area contributed by atoms with Crippen LogP contribution in [0.4, 0.5) is 0 Å². The maximum Gasteiger partial charge on any atom is 0.274 e. The number of aromatic nitrogens is 2. The van der Waals surface area contributed by atoms with Gasteiger partial charge in [-0.2, -0.15) is 0 Å². The summed E-state index contributed by atoms with van der Waals surface area (Å²) in [6, 6.07) is 9.90. The number of aromatic amines is 1. The fourth-order valence-electron chi connectivity index (χ4n) is 2.17. The van der Waals surface area contributed by atoms with Gasteiger partial charge in [-0.1, -0.05) is 50.6 Å². The number of H-pyrrole nitrogens is 1. The summed E-state index contributed by atoms with van der Waals surface area (Å²) < 4.78 is 1.74. The first-order chi connectivity index (χ1) is 8.77. The van der Waals surface area contributed by atoms with Crippen LogP contribution in [0.15, 0.2) is 35.1 Å². The smallest absolute Gasteiger partial charge is 0.274 e. The fourth-order valence-corrected chi connectivity index (χ4v) is 2.17. The standard InChI is InChI=1S/C15H20N2O/c1-3-5-11-17-15(18)14(13(4-2)16-17)12-9-7-6-8-10-12/h6-10,16H,3-5,11H2,1-2H3. The third kappa shape index (κ3) is 2.40. The first-order valence-electron chi connectivity index (χ1n) is 6.65. The summed E-state index contributed by atoms with van der Waals surface area (Å²) in [6.07, 6.45) is 2.96. The lowest BCUT2D eigenvalue weighted by molar-refractivity contribution is 0.552. The van der Waals surface area contributed by atoms with Crippen LogP contribution in [0.1, 0.15) is 32.4 Å². The van der Waals surface area contributed by atoms with Crippen LogP contribution in [0.2, 0.25) is 0 Å². The van der Waals surface area contributed by atoms with Gasteiger partial charge in [0.25, 0.3) is 5.56 Å². The van der Waals surface area contributed by atoms with E-state index in [-0.39, 0.29) is 5.56 Å². The van der Waals surface area contributed by atoms with E-state index in [9.17, 15) is 4.79 Å². The quantitative estimate of drug-likeness (QED) is 0.861. The van der Waals surface area contributed by atoms with Gasteiger partial charge in [0.2, 0.25) is 0 Å². The SMILES string of the molecule is CCCCn1[nH]c(CC)c(-c2ccccc2)c1=O. The molecule has 0 aliphatic carbocycles. The van der Waals surface area contributed by atoms with E-state index in [2.05, 4.69) is 18.9 Å². The van der Waals surface area contributed by atoms with Gasteiger partial charge >= 0.3 is 0 Å². The van der Waals surface area contributed by atoms with Gasteiger partial charge in [0, 0.05) is 12.2 Å². The van der Waals surface area contributed by atoms with Crippen molar-refractivity contribution in [3.63, 3.8) is 0 Å². The van der Waals surface area contributed by atoms with Gasteiger partial charge < -0.3 is 0 Å². The predicted octanol–water partition coefficient (Wildman–Crippen LogP) is 3.21. The largest absolute Gasteiger partial charge is 0.299 e. The molecule has 0 atom stereocenters. The van der Waals surface area contributed by atoms with Crippen LogP contribution < -0.4 is 5.56 Å². The van der Waals surface area contributed by atoms with Crippen molar-refractivity contribution in [3.05, 3.63) is 46.4 Å². The van der Waals surface area contributed by atoms with Gasteiger partial charge in [0.05, 0.1) is 5.56 Å². The van der Waals surface area contributed by atoms with E-state index in [1.165, 1.54) is 0 Å². The maximum atomic E-state index is 12.4. The van der Waals surface area contributed by atoms with Gasteiger partial charge in [-0.3, -0.25) is 14.6 Å². The number of hydrogen-bond donors (Lipinski definition) is 1. The van der Waals surface area contributed by atoms with Gasteiger partial charge in [0.15, 0.2) is 0 Å². The molecule has 1 N–H and O–H groups in total. The Bertz CT molecular complexity index is 552. The van der Waals surface area contributed by atoms with Crippen LogP contribution in [0.5, 0.6) is 0 Å². The minimum atomic E-state index is 0.103. The summed E-state index contributed by atoms with van der Waals surface area (Å²) in [5, 5.41) is 3.24. The zero-order valence-corrected chi connectivity index (χ0v) is 11.1. The molecular weight excluding hydrogens is 224 g/mol. The molecule has 0 aliphatic heterocycles.